The van der Waals surface area contributed by atoms with Gasteiger partial charge < -0.3 is 10.2 Å². The highest BCUT2D eigenvalue weighted by Gasteiger charge is 2.17. The highest BCUT2D eigenvalue weighted by molar-refractivity contribution is 6.01. The number of phenolic OH excluding ortho intramolecular Hbond substituents is 2. The maximum Gasteiger partial charge on any atom is 0.273 e. The molecule has 0 aliphatic rings. The molecule has 2 amide bonds. The number of pyridine rings is 1. The van der Waals surface area contributed by atoms with Crippen LogP contribution in [0.25, 0.3) is 0 Å². The van der Waals surface area contributed by atoms with Crippen LogP contribution in [0.3, 0.4) is 0 Å². The van der Waals surface area contributed by atoms with E-state index >= 15 is 0 Å². The van der Waals surface area contributed by atoms with Crippen LogP contribution in [-0.2, 0) is 12.8 Å². The van der Waals surface area contributed by atoms with Crippen LogP contribution >= 0.6 is 0 Å². The van der Waals surface area contributed by atoms with Crippen molar-refractivity contribution in [3.05, 3.63) is 113 Å². The third-order valence-corrected chi connectivity index (χ3v) is 5.66. The minimum absolute atomic E-state index is 0.0545. The molecule has 4 N–H and O–H groups in total. The van der Waals surface area contributed by atoms with Gasteiger partial charge >= 0.3 is 0 Å². The van der Waals surface area contributed by atoms with Crippen molar-refractivity contribution in [2.45, 2.75) is 26.7 Å². The molecule has 0 fully saturated rings. The van der Waals surface area contributed by atoms with Crippen LogP contribution in [0.1, 0.15) is 54.4 Å². The van der Waals surface area contributed by atoms with Crippen molar-refractivity contribution in [2.75, 3.05) is 0 Å². The van der Waals surface area contributed by atoms with Gasteiger partial charge in [-0.15, -0.1) is 13.2 Å². The van der Waals surface area contributed by atoms with Gasteiger partial charge in [0.05, 0.1) is 34.9 Å². The molecule has 0 radical (unpaired) electrons. The van der Waals surface area contributed by atoms with Gasteiger partial charge in [0.2, 0.25) is 0 Å². The van der Waals surface area contributed by atoms with Gasteiger partial charge in [-0.1, -0.05) is 36.4 Å². The number of hydrazone groups is 2. The van der Waals surface area contributed by atoms with Crippen LogP contribution in [0.4, 0.5) is 0 Å². The van der Waals surface area contributed by atoms with Gasteiger partial charge in [0.25, 0.3) is 11.8 Å². The Morgan fingerprint density at radius 2 is 1.24 bits per heavy atom. The first-order valence-corrected chi connectivity index (χ1v) is 11.7. The number of rotatable bonds is 10. The fourth-order valence-electron chi connectivity index (χ4n) is 3.70. The van der Waals surface area contributed by atoms with Gasteiger partial charge in [0.15, 0.2) is 0 Å². The molecule has 1 heterocycles. The number of allylic oxidation sites excluding steroid dienone is 2. The predicted molar refractivity (Wildman–Crippen MR) is 148 cm³/mol. The fraction of sp³-hybridized carbons (Fsp3) is 0.138. The third kappa shape index (κ3) is 6.58. The van der Waals surface area contributed by atoms with Crippen molar-refractivity contribution in [3.63, 3.8) is 0 Å². The van der Waals surface area contributed by atoms with E-state index in [2.05, 4.69) is 39.2 Å². The predicted octanol–water partition coefficient (Wildman–Crippen LogP) is 4.09. The van der Waals surface area contributed by atoms with Gasteiger partial charge in [-0.05, 0) is 56.0 Å². The zero-order valence-electron chi connectivity index (χ0n) is 21.2. The number of hydrogen-bond acceptors (Lipinski definition) is 7. The molecule has 9 heteroatoms. The number of aromatic nitrogens is 1. The average Bonchev–Trinajstić information content (AvgIpc) is 2.88. The molecule has 3 aromatic rings. The number of nitrogens with one attached hydrogen (secondary N) is 2. The molecule has 0 saturated heterocycles. The van der Waals surface area contributed by atoms with Crippen molar-refractivity contribution in [2.24, 2.45) is 10.2 Å². The first kappa shape index (κ1) is 27.5. The summed E-state index contributed by atoms with van der Waals surface area (Å²) in [4.78, 5) is 29.9. The lowest BCUT2D eigenvalue weighted by Gasteiger charge is -2.10. The van der Waals surface area contributed by atoms with Gasteiger partial charge in [-0.2, -0.15) is 10.2 Å². The normalized spacial score (nSPS) is 11.0. The molecule has 3 rings (SSSR count). The van der Waals surface area contributed by atoms with Crippen molar-refractivity contribution < 1.29 is 19.8 Å². The SMILES string of the molecule is C=CCc1cccc(C=NNC(=O)c2cc(C(=O)NN=Cc3cccc(CC=C)c3O)c(C)nc2C)c1O. The van der Waals surface area contributed by atoms with Crippen LogP contribution in [-0.4, -0.2) is 39.4 Å². The van der Waals surface area contributed by atoms with Gasteiger partial charge in [-0.25, -0.2) is 10.9 Å². The van der Waals surface area contributed by atoms with E-state index in [1.165, 1.54) is 18.5 Å². The summed E-state index contributed by atoms with van der Waals surface area (Å²) in [7, 11) is 0. The van der Waals surface area contributed by atoms with E-state index in [4.69, 9.17) is 0 Å². The van der Waals surface area contributed by atoms with Crippen LogP contribution in [0.15, 0.2) is 78.0 Å². The van der Waals surface area contributed by atoms with Crippen LogP contribution in [0, 0.1) is 13.8 Å². The van der Waals surface area contributed by atoms with Crippen LogP contribution < -0.4 is 10.9 Å². The largest absolute Gasteiger partial charge is 0.507 e. The zero-order valence-corrected chi connectivity index (χ0v) is 21.2. The number of benzene rings is 2. The molecule has 0 aliphatic heterocycles. The topological polar surface area (TPSA) is 136 Å². The van der Waals surface area contributed by atoms with Gasteiger partial charge in [-0.3, -0.25) is 14.6 Å². The molecule has 0 atom stereocenters. The Labute approximate surface area is 221 Å². The monoisotopic (exact) mass is 511 g/mol. The zero-order chi connectivity index (χ0) is 27.7. The molecule has 0 spiro atoms. The van der Waals surface area contributed by atoms with E-state index in [1.54, 1.807) is 62.4 Å². The lowest BCUT2D eigenvalue weighted by atomic mass is 10.1. The summed E-state index contributed by atoms with van der Waals surface area (Å²) in [6, 6.07) is 11.8. The quantitative estimate of drug-likeness (QED) is 0.185. The van der Waals surface area contributed by atoms with E-state index in [1.807, 2.05) is 0 Å². The summed E-state index contributed by atoms with van der Waals surface area (Å²) in [5.41, 5.74) is 8.18. The Balaban J connectivity index is 1.73. The number of nitrogens with zero attached hydrogens (tertiary/aromatic N) is 3. The summed E-state index contributed by atoms with van der Waals surface area (Å²) in [5, 5.41) is 28.5. The number of aryl methyl sites for hydroxylation is 2. The smallest absolute Gasteiger partial charge is 0.273 e. The van der Waals surface area contributed by atoms with Crippen molar-refractivity contribution in [3.8, 4) is 11.5 Å². The number of amides is 2. The van der Waals surface area contributed by atoms with Crippen LogP contribution in [0.2, 0.25) is 0 Å². The molecule has 0 bridgehead atoms. The molecular weight excluding hydrogens is 482 g/mol. The molecule has 1 aromatic heterocycles. The van der Waals surface area contributed by atoms with Crippen LogP contribution in [0.5, 0.6) is 11.5 Å². The number of hydrogen-bond donors (Lipinski definition) is 4. The van der Waals surface area contributed by atoms with E-state index < -0.39 is 11.8 Å². The Hall–Kier alpha value is -5.05. The van der Waals surface area contributed by atoms with E-state index in [-0.39, 0.29) is 22.6 Å². The van der Waals surface area contributed by atoms with Gasteiger partial charge in [0, 0.05) is 11.1 Å². The lowest BCUT2D eigenvalue weighted by molar-refractivity contribution is 0.0954. The van der Waals surface area contributed by atoms with Crippen molar-refractivity contribution >= 4 is 24.2 Å². The Kier molecular flexibility index (Phi) is 9.26. The fourth-order valence-corrected chi connectivity index (χ4v) is 3.70. The molecule has 38 heavy (non-hydrogen) atoms. The molecular formula is C29H29N5O4. The highest BCUT2D eigenvalue weighted by atomic mass is 16.3. The second-order valence-electron chi connectivity index (χ2n) is 8.35. The van der Waals surface area contributed by atoms with Crippen molar-refractivity contribution in [1.29, 1.82) is 0 Å². The number of carbonyl (C=O) groups excluding carboxylic acids is 2. The van der Waals surface area contributed by atoms with E-state index in [0.717, 1.165) is 0 Å². The second kappa shape index (κ2) is 12.8. The summed E-state index contributed by atoms with van der Waals surface area (Å²) in [6.45, 7) is 10.6. The maximum atomic E-state index is 12.8. The van der Waals surface area contributed by atoms with E-state index in [9.17, 15) is 19.8 Å². The summed E-state index contributed by atoms with van der Waals surface area (Å²) in [5.74, 6) is -1.04. The molecule has 9 nitrogen and oxygen atoms in total. The minimum Gasteiger partial charge on any atom is -0.507 e. The first-order chi connectivity index (χ1) is 18.3. The number of aromatic hydroxyl groups is 2. The number of para-hydroxylation sites is 2. The molecule has 0 unspecified atom stereocenters. The Morgan fingerprint density at radius 3 is 1.63 bits per heavy atom. The standard InChI is InChI=1S/C29H29N5O4/c1-5-9-20-11-7-13-22(26(20)35)16-30-33-28(37)24-15-25(19(4)32-18(24)3)29(38)34-31-17-23-14-8-12-21(10-6-2)27(23)36/h5-8,11-17,35-36H,1-2,9-10H2,3-4H3,(H,33,37)(H,34,38). The average molecular weight is 512 g/mol. The second-order valence-corrected chi connectivity index (χ2v) is 8.35. The molecule has 0 aliphatic carbocycles. The first-order valence-electron chi connectivity index (χ1n) is 11.7. The van der Waals surface area contributed by atoms with E-state index in [0.29, 0.717) is 46.5 Å². The number of phenols is 2. The lowest BCUT2D eigenvalue weighted by Crippen LogP contribution is -2.23. The molecule has 2 aromatic carbocycles. The van der Waals surface area contributed by atoms with Crippen molar-refractivity contribution in [1.82, 2.24) is 15.8 Å². The maximum absolute atomic E-state index is 12.8. The summed E-state index contributed by atoms with van der Waals surface area (Å²) in [6.07, 6.45) is 7.00. The molecule has 0 saturated carbocycles. The molecule has 194 valence electrons. The summed E-state index contributed by atoms with van der Waals surface area (Å²) >= 11 is 0. The summed E-state index contributed by atoms with van der Waals surface area (Å²) < 4.78 is 0. The Bertz CT molecular complexity index is 1340. The van der Waals surface area contributed by atoms with Gasteiger partial charge in [0.1, 0.15) is 11.5 Å². The Morgan fingerprint density at radius 1 is 0.816 bits per heavy atom. The number of carbonyl (C=O) groups is 2. The third-order valence-electron chi connectivity index (χ3n) is 5.66. The highest BCUT2D eigenvalue weighted by Crippen LogP contribution is 2.22. The minimum atomic E-state index is -0.575.